The number of amides is 1. The van der Waals surface area contributed by atoms with Crippen LogP contribution >= 0.6 is 15.9 Å². The van der Waals surface area contributed by atoms with E-state index in [9.17, 15) is 4.79 Å². The first-order valence-electron chi connectivity index (χ1n) is 7.89. The molecule has 6 heteroatoms. The van der Waals surface area contributed by atoms with Crippen LogP contribution in [0.3, 0.4) is 0 Å². The van der Waals surface area contributed by atoms with Crippen LogP contribution in [0.2, 0.25) is 0 Å². The van der Waals surface area contributed by atoms with Crippen molar-refractivity contribution in [1.29, 1.82) is 0 Å². The first kappa shape index (κ1) is 17.1. The highest BCUT2D eigenvalue weighted by Crippen LogP contribution is 2.20. The van der Waals surface area contributed by atoms with Crippen molar-refractivity contribution in [2.75, 3.05) is 0 Å². The van der Waals surface area contributed by atoms with Gasteiger partial charge in [0.05, 0.1) is 11.9 Å². The van der Waals surface area contributed by atoms with Crippen molar-refractivity contribution < 1.29 is 4.79 Å². The molecule has 0 radical (unpaired) electrons. The summed E-state index contributed by atoms with van der Waals surface area (Å²) >= 11 is 3.39. The maximum absolute atomic E-state index is 12.1. The van der Waals surface area contributed by atoms with E-state index in [2.05, 4.69) is 43.6 Å². The van der Waals surface area contributed by atoms with Crippen LogP contribution in [0.25, 0.3) is 11.3 Å². The number of carbonyl (C=O) groups excluding carboxylic acids is 1. The maximum atomic E-state index is 12.1. The first-order chi connectivity index (χ1) is 12.2. The summed E-state index contributed by atoms with van der Waals surface area (Å²) in [5, 5.41) is 10.9. The van der Waals surface area contributed by atoms with Gasteiger partial charge in [-0.25, -0.2) is 5.43 Å². The molecule has 1 heterocycles. The Morgan fingerprint density at radius 2 is 1.92 bits per heavy atom. The monoisotopic (exact) mass is 396 g/mol. The van der Waals surface area contributed by atoms with E-state index in [0.717, 1.165) is 22.0 Å². The van der Waals surface area contributed by atoms with Gasteiger partial charge in [0.1, 0.15) is 5.69 Å². The highest BCUT2D eigenvalue weighted by atomic mass is 79.9. The molecule has 5 nitrogen and oxygen atoms in total. The van der Waals surface area contributed by atoms with Crippen molar-refractivity contribution in [1.82, 2.24) is 15.6 Å². The van der Waals surface area contributed by atoms with E-state index in [4.69, 9.17) is 0 Å². The lowest BCUT2D eigenvalue weighted by Gasteiger charge is -1.98. The average molecular weight is 397 g/mol. The SMILES string of the molecule is CCc1ccc(/C=N\NC(=O)c2cc(-c3ccc(Br)cc3)n[nH]2)cc1. The van der Waals surface area contributed by atoms with Gasteiger partial charge in [0, 0.05) is 10.0 Å². The average Bonchev–Trinajstić information content (AvgIpc) is 3.13. The summed E-state index contributed by atoms with van der Waals surface area (Å²) in [6, 6.07) is 17.4. The Labute approximate surface area is 154 Å². The Hall–Kier alpha value is -2.73. The van der Waals surface area contributed by atoms with Gasteiger partial charge in [-0.05, 0) is 35.7 Å². The number of rotatable bonds is 5. The number of H-pyrrole nitrogens is 1. The van der Waals surface area contributed by atoms with Gasteiger partial charge in [0.15, 0.2) is 0 Å². The summed E-state index contributed by atoms with van der Waals surface area (Å²) in [4.78, 5) is 12.1. The molecular formula is C19H17BrN4O. The molecule has 0 fully saturated rings. The molecule has 0 bridgehead atoms. The van der Waals surface area contributed by atoms with Crippen molar-refractivity contribution in [2.45, 2.75) is 13.3 Å². The second-order valence-corrected chi connectivity index (χ2v) is 6.38. The van der Waals surface area contributed by atoms with Crippen LogP contribution in [-0.4, -0.2) is 22.3 Å². The minimum absolute atomic E-state index is 0.336. The molecule has 3 aromatic rings. The summed E-state index contributed by atoms with van der Waals surface area (Å²) in [7, 11) is 0. The second kappa shape index (κ2) is 7.90. The molecule has 1 aromatic heterocycles. The number of nitrogens with one attached hydrogen (secondary N) is 2. The number of hydrogen-bond acceptors (Lipinski definition) is 3. The van der Waals surface area contributed by atoms with Crippen LogP contribution in [-0.2, 0) is 6.42 Å². The Balaban J connectivity index is 1.63. The predicted octanol–water partition coefficient (Wildman–Crippen LogP) is 4.17. The van der Waals surface area contributed by atoms with Gasteiger partial charge >= 0.3 is 0 Å². The molecule has 0 aliphatic heterocycles. The molecule has 2 N–H and O–H groups in total. The van der Waals surface area contributed by atoms with Crippen LogP contribution in [0.15, 0.2) is 64.2 Å². The lowest BCUT2D eigenvalue weighted by atomic mass is 10.1. The number of benzene rings is 2. The van der Waals surface area contributed by atoms with Crippen molar-refractivity contribution >= 4 is 28.1 Å². The van der Waals surface area contributed by atoms with E-state index < -0.39 is 0 Å². The van der Waals surface area contributed by atoms with E-state index in [-0.39, 0.29) is 5.91 Å². The number of halogens is 1. The highest BCUT2D eigenvalue weighted by molar-refractivity contribution is 9.10. The molecule has 2 aromatic carbocycles. The molecule has 0 saturated heterocycles. The maximum Gasteiger partial charge on any atom is 0.289 e. The Bertz CT molecular complexity index is 883. The van der Waals surface area contributed by atoms with E-state index in [1.54, 1.807) is 12.3 Å². The fourth-order valence-electron chi connectivity index (χ4n) is 2.27. The van der Waals surface area contributed by atoms with Crippen LogP contribution < -0.4 is 5.43 Å². The number of nitrogens with zero attached hydrogens (tertiary/aromatic N) is 2. The van der Waals surface area contributed by atoms with Gasteiger partial charge in [-0.1, -0.05) is 59.3 Å². The van der Waals surface area contributed by atoms with Crippen molar-refractivity contribution in [3.8, 4) is 11.3 Å². The quantitative estimate of drug-likeness (QED) is 0.501. The molecule has 0 unspecified atom stereocenters. The summed E-state index contributed by atoms with van der Waals surface area (Å²) in [5.41, 5.74) is 6.69. The molecule has 0 aliphatic carbocycles. The zero-order valence-electron chi connectivity index (χ0n) is 13.7. The zero-order chi connectivity index (χ0) is 17.6. The summed E-state index contributed by atoms with van der Waals surface area (Å²) < 4.78 is 0.992. The molecule has 0 spiro atoms. The molecule has 3 rings (SSSR count). The molecule has 0 saturated carbocycles. The largest absolute Gasteiger partial charge is 0.289 e. The first-order valence-corrected chi connectivity index (χ1v) is 8.68. The van der Waals surface area contributed by atoms with Gasteiger partial charge in [-0.3, -0.25) is 9.89 Å². The fourth-order valence-corrected chi connectivity index (χ4v) is 2.54. The second-order valence-electron chi connectivity index (χ2n) is 5.47. The van der Waals surface area contributed by atoms with Gasteiger partial charge in [-0.2, -0.15) is 10.2 Å². The van der Waals surface area contributed by atoms with E-state index in [1.165, 1.54) is 5.56 Å². The number of carbonyl (C=O) groups is 1. The van der Waals surface area contributed by atoms with E-state index in [0.29, 0.717) is 11.4 Å². The Morgan fingerprint density at radius 1 is 1.20 bits per heavy atom. The van der Waals surface area contributed by atoms with Crippen LogP contribution in [0.1, 0.15) is 28.5 Å². The van der Waals surface area contributed by atoms with Gasteiger partial charge in [-0.15, -0.1) is 0 Å². The number of hydrogen-bond donors (Lipinski definition) is 2. The number of aryl methyl sites for hydroxylation is 1. The lowest BCUT2D eigenvalue weighted by Crippen LogP contribution is -2.17. The van der Waals surface area contributed by atoms with E-state index in [1.807, 2.05) is 48.5 Å². The minimum atomic E-state index is -0.336. The fraction of sp³-hybridized carbons (Fsp3) is 0.105. The molecule has 126 valence electrons. The van der Waals surface area contributed by atoms with Crippen LogP contribution in [0.5, 0.6) is 0 Å². The van der Waals surface area contributed by atoms with Crippen molar-refractivity contribution in [3.05, 3.63) is 75.9 Å². The predicted molar refractivity (Wildman–Crippen MR) is 103 cm³/mol. The summed E-state index contributed by atoms with van der Waals surface area (Å²) in [6.07, 6.45) is 2.61. The van der Waals surface area contributed by atoms with Crippen LogP contribution in [0.4, 0.5) is 0 Å². The van der Waals surface area contributed by atoms with Gasteiger partial charge < -0.3 is 0 Å². The highest BCUT2D eigenvalue weighted by Gasteiger charge is 2.10. The third-order valence-corrected chi connectivity index (χ3v) is 4.26. The Morgan fingerprint density at radius 3 is 2.60 bits per heavy atom. The van der Waals surface area contributed by atoms with Crippen LogP contribution in [0, 0.1) is 0 Å². The Kier molecular flexibility index (Phi) is 5.40. The number of aromatic nitrogens is 2. The number of aromatic amines is 1. The van der Waals surface area contributed by atoms with Gasteiger partial charge in [0.25, 0.3) is 5.91 Å². The zero-order valence-corrected chi connectivity index (χ0v) is 15.2. The normalized spacial score (nSPS) is 11.0. The third kappa shape index (κ3) is 4.42. The summed E-state index contributed by atoms with van der Waals surface area (Å²) in [5.74, 6) is -0.336. The van der Waals surface area contributed by atoms with Crippen molar-refractivity contribution in [2.24, 2.45) is 5.10 Å². The van der Waals surface area contributed by atoms with Crippen molar-refractivity contribution in [3.63, 3.8) is 0 Å². The topological polar surface area (TPSA) is 70.1 Å². The molecule has 1 amide bonds. The van der Waals surface area contributed by atoms with E-state index >= 15 is 0 Å². The smallest absolute Gasteiger partial charge is 0.272 e. The standard InChI is InChI=1S/C19H17BrN4O/c1-2-13-3-5-14(6-4-13)12-21-24-19(25)18-11-17(22-23-18)15-7-9-16(20)10-8-15/h3-12H,2H2,1H3,(H,22,23)(H,24,25)/b21-12-. The number of hydrazone groups is 1. The van der Waals surface area contributed by atoms with Gasteiger partial charge in [0.2, 0.25) is 0 Å². The molecular weight excluding hydrogens is 380 g/mol. The lowest BCUT2D eigenvalue weighted by molar-refractivity contribution is 0.0950. The summed E-state index contributed by atoms with van der Waals surface area (Å²) in [6.45, 7) is 2.11. The third-order valence-electron chi connectivity index (χ3n) is 3.73. The molecule has 25 heavy (non-hydrogen) atoms. The molecule has 0 atom stereocenters. The minimum Gasteiger partial charge on any atom is -0.272 e. The molecule has 0 aliphatic rings.